The van der Waals surface area contributed by atoms with E-state index in [0.29, 0.717) is 31.8 Å². The van der Waals surface area contributed by atoms with Crippen LogP contribution in [0.4, 0.5) is 0 Å². The van der Waals surface area contributed by atoms with Crippen molar-refractivity contribution in [2.45, 2.75) is 51.4 Å². The van der Waals surface area contributed by atoms with Gasteiger partial charge >= 0.3 is 0 Å². The first-order valence-corrected chi connectivity index (χ1v) is 10.2. The number of aryl methyl sites for hydroxylation is 1. The molecule has 1 spiro atoms. The van der Waals surface area contributed by atoms with Gasteiger partial charge in [-0.05, 0) is 38.5 Å². The molecule has 7 nitrogen and oxygen atoms in total. The normalized spacial score (nSPS) is 21.7. The summed E-state index contributed by atoms with van der Waals surface area (Å²) in [6.45, 7) is 3.65. The minimum Gasteiger partial charge on any atom is -0.385 e. The highest BCUT2D eigenvalue weighted by Crippen LogP contribution is 2.41. The summed E-state index contributed by atoms with van der Waals surface area (Å²) in [7, 11) is 1.69. The first-order valence-electron chi connectivity index (χ1n) is 10.2. The Labute approximate surface area is 160 Å². The molecule has 0 radical (unpaired) electrons. The quantitative estimate of drug-likeness (QED) is 0.736. The average Bonchev–Trinajstić information content (AvgIpc) is 3.24. The van der Waals surface area contributed by atoms with E-state index in [1.807, 2.05) is 9.80 Å². The third-order valence-corrected chi connectivity index (χ3v) is 6.45. The van der Waals surface area contributed by atoms with Crippen molar-refractivity contribution >= 4 is 11.8 Å². The van der Waals surface area contributed by atoms with Crippen LogP contribution in [-0.2, 0) is 22.4 Å². The number of fused-ring (bicyclic) bond motifs is 1. The number of ether oxygens (including phenoxy) is 1. The van der Waals surface area contributed by atoms with Crippen molar-refractivity contribution in [3.05, 3.63) is 17.0 Å². The monoisotopic (exact) mass is 375 g/mol. The zero-order valence-corrected chi connectivity index (χ0v) is 16.2. The van der Waals surface area contributed by atoms with Gasteiger partial charge in [0.05, 0.1) is 0 Å². The Hall–Kier alpha value is -1.89. The number of hydrogen-bond acceptors (Lipinski definition) is 5. The Balaban J connectivity index is 1.36. The number of amides is 2. The van der Waals surface area contributed by atoms with Gasteiger partial charge in [-0.15, -0.1) is 0 Å². The number of hydrogen-bond donors (Lipinski definition) is 0. The first kappa shape index (κ1) is 18.5. The fourth-order valence-corrected chi connectivity index (χ4v) is 4.81. The van der Waals surface area contributed by atoms with E-state index < -0.39 is 0 Å². The maximum Gasteiger partial charge on any atom is 0.276 e. The van der Waals surface area contributed by atoms with Crippen molar-refractivity contribution in [2.75, 3.05) is 39.9 Å². The zero-order chi connectivity index (χ0) is 18.9. The maximum absolute atomic E-state index is 13.0. The summed E-state index contributed by atoms with van der Waals surface area (Å²) in [5, 5.41) is 4.09. The second-order valence-corrected chi connectivity index (χ2v) is 8.27. The van der Waals surface area contributed by atoms with Crippen molar-refractivity contribution in [3.8, 4) is 0 Å². The predicted molar refractivity (Wildman–Crippen MR) is 98.4 cm³/mol. The molecule has 2 aliphatic heterocycles. The number of piperidine rings is 1. The molecule has 0 aromatic carbocycles. The van der Waals surface area contributed by atoms with Crippen LogP contribution in [0.15, 0.2) is 4.52 Å². The second-order valence-electron chi connectivity index (χ2n) is 8.27. The highest BCUT2D eigenvalue weighted by Gasteiger charge is 2.45. The first-order chi connectivity index (χ1) is 13.1. The van der Waals surface area contributed by atoms with Crippen LogP contribution in [0, 0.1) is 5.41 Å². The summed E-state index contributed by atoms with van der Waals surface area (Å²) < 4.78 is 10.5. The largest absolute Gasteiger partial charge is 0.385 e. The van der Waals surface area contributed by atoms with E-state index in [0.717, 1.165) is 69.4 Å². The third kappa shape index (κ3) is 3.61. The molecule has 1 aliphatic carbocycles. The number of carbonyl (C=O) groups excluding carboxylic acids is 2. The van der Waals surface area contributed by atoms with Crippen molar-refractivity contribution in [3.63, 3.8) is 0 Å². The molecule has 2 amide bonds. The Morgan fingerprint density at radius 2 is 2.04 bits per heavy atom. The molecule has 0 saturated carbocycles. The molecular formula is C20H29N3O4. The van der Waals surface area contributed by atoms with Gasteiger partial charge in [-0.3, -0.25) is 9.59 Å². The van der Waals surface area contributed by atoms with Crippen LogP contribution < -0.4 is 0 Å². The van der Waals surface area contributed by atoms with Crippen LogP contribution in [0.5, 0.6) is 0 Å². The highest BCUT2D eigenvalue weighted by atomic mass is 16.5. The number of likely N-dealkylation sites (tertiary alicyclic amines) is 2. The summed E-state index contributed by atoms with van der Waals surface area (Å²) in [5.41, 5.74) is 1.57. The van der Waals surface area contributed by atoms with Gasteiger partial charge in [0.2, 0.25) is 5.91 Å². The molecule has 0 atom stereocenters. The van der Waals surface area contributed by atoms with Crippen LogP contribution in [0.25, 0.3) is 0 Å². The number of rotatable bonds is 5. The summed E-state index contributed by atoms with van der Waals surface area (Å²) in [5.74, 6) is 1.14. The molecule has 3 aliphatic rings. The summed E-state index contributed by atoms with van der Waals surface area (Å²) in [4.78, 5) is 29.2. The Morgan fingerprint density at radius 1 is 1.26 bits per heavy atom. The number of methoxy groups -OCH3 is 1. The fourth-order valence-electron chi connectivity index (χ4n) is 4.81. The molecule has 1 aromatic rings. The van der Waals surface area contributed by atoms with E-state index in [2.05, 4.69) is 5.16 Å². The number of carbonyl (C=O) groups is 2. The Kier molecular flexibility index (Phi) is 5.21. The van der Waals surface area contributed by atoms with E-state index in [1.54, 1.807) is 7.11 Å². The predicted octanol–water partition coefficient (Wildman–Crippen LogP) is 2.04. The second kappa shape index (κ2) is 7.62. The zero-order valence-electron chi connectivity index (χ0n) is 16.2. The van der Waals surface area contributed by atoms with Gasteiger partial charge in [0.15, 0.2) is 5.69 Å². The fraction of sp³-hybridized carbons (Fsp3) is 0.750. The minimum absolute atomic E-state index is 0.00183. The van der Waals surface area contributed by atoms with Gasteiger partial charge in [-0.25, -0.2) is 0 Å². The van der Waals surface area contributed by atoms with Gasteiger partial charge in [0, 0.05) is 63.7 Å². The van der Waals surface area contributed by atoms with Crippen LogP contribution in [0.2, 0.25) is 0 Å². The molecule has 0 N–H and O–H groups in total. The molecule has 0 unspecified atom stereocenters. The SMILES string of the molecule is COCCCN1CC2(CCN(C(=O)c3noc4c3CCCC4)CC2)CC1=O. The van der Waals surface area contributed by atoms with Gasteiger partial charge in [-0.1, -0.05) is 5.16 Å². The van der Waals surface area contributed by atoms with E-state index in [-0.39, 0.29) is 17.2 Å². The Bertz CT molecular complexity index is 706. The van der Waals surface area contributed by atoms with Crippen LogP contribution in [0.3, 0.4) is 0 Å². The van der Waals surface area contributed by atoms with Crippen molar-refractivity contribution in [2.24, 2.45) is 5.41 Å². The summed E-state index contributed by atoms with van der Waals surface area (Å²) in [6.07, 6.45) is 7.23. The molecule has 1 aromatic heterocycles. The van der Waals surface area contributed by atoms with Gasteiger partial charge in [0.1, 0.15) is 5.76 Å². The maximum atomic E-state index is 13.0. The van der Waals surface area contributed by atoms with Crippen LogP contribution in [-0.4, -0.2) is 66.7 Å². The lowest BCUT2D eigenvalue weighted by Gasteiger charge is -2.38. The lowest BCUT2D eigenvalue weighted by atomic mass is 9.77. The minimum atomic E-state index is -0.00183. The van der Waals surface area contributed by atoms with Crippen molar-refractivity contribution < 1.29 is 18.8 Å². The van der Waals surface area contributed by atoms with Gasteiger partial charge in [-0.2, -0.15) is 0 Å². The molecular weight excluding hydrogens is 346 g/mol. The van der Waals surface area contributed by atoms with Crippen molar-refractivity contribution in [1.29, 1.82) is 0 Å². The third-order valence-electron chi connectivity index (χ3n) is 6.45. The Morgan fingerprint density at radius 3 is 2.81 bits per heavy atom. The molecule has 3 heterocycles. The topological polar surface area (TPSA) is 75.9 Å². The van der Waals surface area contributed by atoms with Crippen LogP contribution in [0.1, 0.15) is 60.3 Å². The van der Waals surface area contributed by atoms with Crippen molar-refractivity contribution in [1.82, 2.24) is 15.0 Å². The lowest BCUT2D eigenvalue weighted by Crippen LogP contribution is -2.44. The molecule has 7 heteroatoms. The smallest absolute Gasteiger partial charge is 0.276 e. The molecule has 4 rings (SSSR count). The molecule has 0 bridgehead atoms. The molecule has 148 valence electrons. The molecule has 27 heavy (non-hydrogen) atoms. The van der Waals surface area contributed by atoms with Crippen LogP contribution >= 0.6 is 0 Å². The van der Waals surface area contributed by atoms with E-state index in [4.69, 9.17) is 9.26 Å². The molecule has 2 fully saturated rings. The summed E-state index contributed by atoms with van der Waals surface area (Å²) >= 11 is 0. The van der Waals surface area contributed by atoms with E-state index >= 15 is 0 Å². The average molecular weight is 375 g/mol. The number of aromatic nitrogens is 1. The highest BCUT2D eigenvalue weighted by molar-refractivity contribution is 5.94. The van der Waals surface area contributed by atoms with Gasteiger partial charge in [0.25, 0.3) is 5.91 Å². The van der Waals surface area contributed by atoms with E-state index in [9.17, 15) is 9.59 Å². The lowest BCUT2D eigenvalue weighted by molar-refractivity contribution is -0.128. The number of nitrogens with zero attached hydrogens (tertiary/aromatic N) is 3. The molecule has 2 saturated heterocycles. The summed E-state index contributed by atoms with van der Waals surface area (Å²) in [6, 6.07) is 0. The van der Waals surface area contributed by atoms with E-state index in [1.165, 1.54) is 0 Å². The standard InChI is InChI=1S/C20H29N3O4/c1-26-12-4-9-23-14-20(13-17(23)24)7-10-22(11-8-20)19(25)18-15-5-2-3-6-16(15)27-21-18/h2-14H2,1H3. The van der Waals surface area contributed by atoms with Gasteiger partial charge < -0.3 is 19.1 Å².